The van der Waals surface area contributed by atoms with E-state index in [0.717, 1.165) is 6.07 Å². The maximum absolute atomic E-state index is 14.2. The third kappa shape index (κ3) is 3.10. The summed E-state index contributed by atoms with van der Waals surface area (Å²) < 4.78 is 21.1. The lowest BCUT2D eigenvalue weighted by atomic mass is 10.1. The highest BCUT2D eigenvalue weighted by molar-refractivity contribution is 6.36. The molecule has 0 amide bonds. The van der Waals surface area contributed by atoms with Gasteiger partial charge in [0.05, 0.1) is 16.1 Å². The molecule has 118 valence electrons. The molecule has 0 atom stereocenters. The van der Waals surface area contributed by atoms with Gasteiger partial charge >= 0.3 is 0 Å². The highest BCUT2D eigenvalue weighted by Gasteiger charge is 2.22. The van der Waals surface area contributed by atoms with Crippen LogP contribution in [0.2, 0.25) is 10.0 Å². The number of hydrogen-bond donors (Lipinski definition) is 0. The minimum atomic E-state index is -0.587. The van der Waals surface area contributed by atoms with Gasteiger partial charge in [-0.1, -0.05) is 23.2 Å². The van der Waals surface area contributed by atoms with Gasteiger partial charge < -0.3 is 4.74 Å². The predicted molar refractivity (Wildman–Crippen MR) is 84.4 cm³/mol. The molecule has 7 heteroatoms. The number of hydrogen-bond acceptors (Lipinski definition) is 3. The van der Waals surface area contributed by atoms with E-state index in [-0.39, 0.29) is 38.9 Å². The van der Waals surface area contributed by atoms with E-state index in [4.69, 9.17) is 27.9 Å². The second-order valence-electron chi connectivity index (χ2n) is 5.12. The highest BCUT2D eigenvalue weighted by Crippen LogP contribution is 2.37. The van der Waals surface area contributed by atoms with Crippen molar-refractivity contribution in [3.8, 4) is 17.0 Å². The standard InChI is InChI=1S/C15H15Cl2FN2O2/c1-7(2)22-12-5-9(11(18)6-10(12)16)14-13(17)15(8(3)21)20(4)19-14/h5-7H,1-4H3. The van der Waals surface area contributed by atoms with Crippen molar-refractivity contribution in [2.75, 3.05) is 0 Å². The Morgan fingerprint density at radius 3 is 2.50 bits per heavy atom. The zero-order chi connectivity index (χ0) is 16.6. The molecule has 0 fully saturated rings. The van der Waals surface area contributed by atoms with Crippen molar-refractivity contribution >= 4 is 29.0 Å². The van der Waals surface area contributed by atoms with Gasteiger partial charge in [-0.15, -0.1) is 0 Å². The maximum atomic E-state index is 14.2. The summed E-state index contributed by atoms with van der Waals surface area (Å²) in [6.07, 6.45) is -0.122. The molecule has 0 unspecified atom stereocenters. The van der Waals surface area contributed by atoms with E-state index in [1.165, 1.54) is 17.7 Å². The Morgan fingerprint density at radius 1 is 1.36 bits per heavy atom. The molecule has 1 aromatic carbocycles. The smallest absolute Gasteiger partial charge is 0.179 e. The zero-order valence-corrected chi connectivity index (χ0v) is 14.1. The summed E-state index contributed by atoms with van der Waals surface area (Å²) in [4.78, 5) is 11.6. The summed E-state index contributed by atoms with van der Waals surface area (Å²) >= 11 is 12.2. The van der Waals surface area contributed by atoms with Crippen LogP contribution in [-0.2, 0) is 7.05 Å². The molecule has 0 aliphatic rings. The number of ether oxygens (including phenoxy) is 1. The lowest BCUT2D eigenvalue weighted by Gasteiger charge is -2.13. The molecule has 2 aromatic rings. The zero-order valence-electron chi connectivity index (χ0n) is 12.6. The number of Topliss-reactive ketones (excluding diaryl/α,β-unsaturated/α-hetero) is 1. The molecule has 1 aromatic heterocycles. The van der Waals surface area contributed by atoms with Crippen molar-refractivity contribution in [3.63, 3.8) is 0 Å². The van der Waals surface area contributed by atoms with E-state index < -0.39 is 5.82 Å². The van der Waals surface area contributed by atoms with Crippen LogP contribution in [0.4, 0.5) is 4.39 Å². The minimum Gasteiger partial charge on any atom is -0.489 e. The molecule has 0 saturated carbocycles. The molecule has 0 saturated heterocycles. The Balaban J connectivity index is 2.62. The van der Waals surface area contributed by atoms with Crippen molar-refractivity contribution in [1.82, 2.24) is 9.78 Å². The number of rotatable bonds is 4. The van der Waals surface area contributed by atoms with E-state index >= 15 is 0 Å². The second kappa shape index (κ2) is 6.26. The summed E-state index contributed by atoms with van der Waals surface area (Å²) in [5.41, 5.74) is 0.530. The lowest BCUT2D eigenvalue weighted by Crippen LogP contribution is -2.06. The molecular formula is C15H15Cl2FN2O2. The van der Waals surface area contributed by atoms with E-state index in [1.54, 1.807) is 7.05 Å². The lowest BCUT2D eigenvalue weighted by molar-refractivity contribution is 0.100. The molecule has 0 aliphatic heterocycles. The molecular weight excluding hydrogens is 330 g/mol. The molecule has 0 bridgehead atoms. The Morgan fingerprint density at radius 2 is 2.00 bits per heavy atom. The fourth-order valence-electron chi connectivity index (χ4n) is 2.11. The summed E-state index contributed by atoms with van der Waals surface area (Å²) in [5.74, 6) is -0.505. The summed E-state index contributed by atoms with van der Waals surface area (Å²) in [7, 11) is 1.57. The number of halogens is 3. The predicted octanol–water partition coefficient (Wildman–Crippen LogP) is 4.52. The van der Waals surface area contributed by atoms with Crippen LogP contribution in [0.3, 0.4) is 0 Å². The number of ketones is 1. The van der Waals surface area contributed by atoms with Crippen molar-refractivity contribution < 1.29 is 13.9 Å². The summed E-state index contributed by atoms with van der Waals surface area (Å²) in [5, 5.41) is 4.40. The van der Waals surface area contributed by atoms with Gasteiger partial charge in [-0.25, -0.2) is 4.39 Å². The Hall–Kier alpha value is -1.59. The van der Waals surface area contributed by atoms with Crippen LogP contribution in [0.15, 0.2) is 12.1 Å². The topological polar surface area (TPSA) is 44.1 Å². The largest absolute Gasteiger partial charge is 0.489 e. The van der Waals surface area contributed by atoms with Gasteiger partial charge in [-0.3, -0.25) is 9.48 Å². The van der Waals surface area contributed by atoms with Gasteiger partial charge in [0.25, 0.3) is 0 Å². The molecule has 2 rings (SSSR count). The Labute approximate surface area is 137 Å². The first-order valence-electron chi connectivity index (χ1n) is 6.61. The first-order chi connectivity index (χ1) is 10.2. The molecule has 0 spiro atoms. The molecule has 1 heterocycles. The second-order valence-corrected chi connectivity index (χ2v) is 5.91. The number of benzene rings is 1. The van der Waals surface area contributed by atoms with Crippen LogP contribution < -0.4 is 4.74 Å². The van der Waals surface area contributed by atoms with Gasteiger partial charge in [-0.05, 0) is 26.0 Å². The number of carbonyl (C=O) groups is 1. The SMILES string of the molecule is CC(=O)c1c(Cl)c(-c2cc(OC(C)C)c(Cl)cc2F)nn1C. The van der Waals surface area contributed by atoms with E-state index in [0.29, 0.717) is 5.75 Å². The van der Waals surface area contributed by atoms with Crippen molar-refractivity contribution in [2.24, 2.45) is 7.05 Å². The van der Waals surface area contributed by atoms with Gasteiger partial charge in [0.15, 0.2) is 5.78 Å². The Bertz CT molecular complexity index is 742. The monoisotopic (exact) mass is 344 g/mol. The molecule has 0 radical (unpaired) electrons. The average molecular weight is 345 g/mol. The molecule has 0 aliphatic carbocycles. The average Bonchev–Trinajstić information content (AvgIpc) is 2.67. The van der Waals surface area contributed by atoms with Crippen LogP contribution in [0.5, 0.6) is 5.75 Å². The summed E-state index contributed by atoms with van der Waals surface area (Å²) in [6.45, 7) is 5.04. The normalized spacial score (nSPS) is 11.1. The van der Waals surface area contributed by atoms with Gasteiger partial charge in [-0.2, -0.15) is 5.10 Å². The molecule has 0 N–H and O–H groups in total. The minimum absolute atomic E-state index is 0.103. The summed E-state index contributed by atoms with van der Waals surface area (Å²) in [6, 6.07) is 2.59. The first kappa shape index (κ1) is 16.8. The van der Waals surface area contributed by atoms with Gasteiger partial charge in [0.2, 0.25) is 0 Å². The highest BCUT2D eigenvalue weighted by atomic mass is 35.5. The van der Waals surface area contributed by atoms with Crippen LogP contribution in [-0.4, -0.2) is 21.7 Å². The first-order valence-corrected chi connectivity index (χ1v) is 7.37. The van der Waals surface area contributed by atoms with Gasteiger partial charge in [0.1, 0.15) is 23.0 Å². The van der Waals surface area contributed by atoms with Crippen LogP contribution in [0.25, 0.3) is 11.3 Å². The van der Waals surface area contributed by atoms with Crippen molar-refractivity contribution in [3.05, 3.63) is 33.7 Å². The quantitative estimate of drug-likeness (QED) is 0.765. The van der Waals surface area contributed by atoms with Gasteiger partial charge in [0, 0.05) is 19.5 Å². The fourth-order valence-corrected chi connectivity index (χ4v) is 2.70. The number of carbonyl (C=O) groups excluding carboxylic acids is 1. The maximum Gasteiger partial charge on any atom is 0.179 e. The van der Waals surface area contributed by atoms with E-state index in [9.17, 15) is 9.18 Å². The van der Waals surface area contributed by atoms with Crippen LogP contribution in [0.1, 0.15) is 31.3 Å². The third-order valence-corrected chi connectivity index (χ3v) is 3.62. The number of nitrogens with zero attached hydrogens (tertiary/aromatic N) is 2. The number of aryl methyl sites for hydroxylation is 1. The number of aromatic nitrogens is 2. The molecule has 22 heavy (non-hydrogen) atoms. The van der Waals surface area contributed by atoms with Crippen molar-refractivity contribution in [1.29, 1.82) is 0 Å². The molecule has 4 nitrogen and oxygen atoms in total. The van der Waals surface area contributed by atoms with Crippen LogP contribution >= 0.6 is 23.2 Å². The fraction of sp³-hybridized carbons (Fsp3) is 0.333. The van der Waals surface area contributed by atoms with Crippen LogP contribution in [0, 0.1) is 5.82 Å². The van der Waals surface area contributed by atoms with E-state index in [2.05, 4.69) is 5.10 Å². The Kier molecular flexibility index (Phi) is 4.78. The van der Waals surface area contributed by atoms with E-state index in [1.807, 2.05) is 13.8 Å². The third-order valence-electron chi connectivity index (χ3n) is 2.96. The van der Waals surface area contributed by atoms with Crippen molar-refractivity contribution in [2.45, 2.75) is 26.9 Å².